The third-order valence-electron chi connectivity index (χ3n) is 3.29. The molecule has 5 nitrogen and oxygen atoms in total. The lowest BCUT2D eigenvalue weighted by atomic mass is 9.77. The Bertz CT molecular complexity index is 279. The fourth-order valence-electron chi connectivity index (χ4n) is 2.21. The van der Waals surface area contributed by atoms with Crippen molar-refractivity contribution in [2.45, 2.75) is 52.1 Å². The average molecular weight is 252 g/mol. The van der Waals surface area contributed by atoms with Crippen molar-refractivity contribution in [3.8, 4) is 0 Å². The van der Waals surface area contributed by atoms with Crippen LogP contribution in [0.25, 0.3) is 0 Å². The van der Waals surface area contributed by atoms with E-state index >= 15 is 0 Å². The van der Waals surface area contributed by atoms with Crippen LogP contribution in [0.3, 0.4) is 0 Å². The van der Waals surface area contributed by atoms with Gasteiger partial charge in [-0.3, -0.25) is 9.36 Å². The maximum absolute atomic E-state index is 11.4. The molecule has 0 aliphatic heterocycles. The molecule has 0 aromatic rings. The Kier molecular flexibility index (Phi) is 5.66. The second kappa shape index (κ2) is 5.80. The minimum absolute atomic E-state index is 0.231. The number of carboxylic acid groups (broad SMARTS) is 1. The molecule has 0 rings (SSSR count). The van der Waals surface area contributed by atoms with Gasteiger partial charge in [-0.25, -0.2) is 0 Å². The molecule has 3 N–H and O–H groups in total. The van der Waals surface area contributed by atoms with Gasteiger partial charge in [-0.05, 0) is 19.3 Å². The van der Waals surface area contributed by atoms with Gasteiger partial charge in [-0.1, -0.05) is 27.2 Å². The van der Waals surface area contributed by atoms with E-state index in [0.717, 1.165) is 0 Å². The van der Waals surface area contributed by atoms with Crippen LogP contribution in [-0.4, -0.2) is 26.5 Å². The average Bonchev–Trinajstić information content (AvgIpc) is 2.17. The van der Waals surface area contributed by atoms with Crippen LogP contribution in [0, 0.1) is 5.41 Å². The third kappa shape index (κ3) is 3.06. The van der Waals surface area contributed by atoms with Crippen LogP contribution >= 0.6 is 7.60 Å². The molecule has 0 radical (unpaired) electrons. The Morgan fingerprint density at radius 2 is 1.69 bits per heavy atom. The van der Waals surface area contributed by atoms with E-state index in [0.29, 0.717) is 6.42 Å². The lowest BCUT2D eigenvalue weighted by molar-refractivity contribution is -0.150. The van der Waals surface area contributed by atoms with E-state index in [1.807, 2.05) is 0 Å². The molecule has 16 heavy (non-hydrogen) atoms. The first kappa shape index (κ1) is 15.6. The Labute approximate surface area is 96.0 Å². The summed E-state index contributed by atoms with van der Waals surface area (Å²) in [4.78, 5) is 29.9. The molecule has 96 valence electrons. The van der Waals surface area contributed by atoms with Crippen molar-refractivity contribution < 1.29 is 24.3 Å². The van der Waals surface area contributed by atoms with Crippen LogP contribution in [-0.2, 0) is 9.36 Å². The van der Waals surface area contributed by atoms with E-state index in [2.05, 4.69) is 0 Å². The molecule has 0 spiro atoms. The van der Waals surface area contributed by atoms with Crippen LogP contribution < -0.4 is 0 Å². The molecule has 0 saturated heterocycles. The maximum atomic E-state index is 11.4. The predicted octanol–water partition coefficient (Wildman–Crippen LogP) is 2.22. The molecule has 0 heterocycles. The van der Waals surface area contributed by atoms with Crippen molar-refractivity contribution in [3.63, 3.8) is 0 Å². The number of hydrogen-bond acceptors (Lipinski definition) is 2. The summed E-state index contributed by atoms with van der Waals surface area (Å²) in [5, 5.41) is 9.24. The largest absolute Gasteiger partial charge is 0.481 e. The Hall–Kier alpha value is -0.380. The van der Waals surface area contributed by atoms with Gasteiger partial charge in [0.2, 0.25) is 0 Å². The van der Waals surface area contributed by atoms with E-state index in [9.17, 15) is 24.3 Å². The predicted molar refractivity (Wildman–Crippen MR) is 61.4 cm³/mol. The standard InChI is InChI=1S/C10H21O5P/c1-4-7-8(16(13,14)15)10(5-2,6-3)9(11)12/h8H,4-7H2,1-3H3,(H,11,12)(H2,13,14,15). The molecule has 0 aromatic heterocycles. The molecular weight excluding hydrogens is 231 g/mol. The minimum Gasteiger partial charge on any atom is -0.481 e. The summed E-state index contributed by atoms with van der Waals surface area (Å²) in [5.41, 5.74) is -2.40. The fraction of sp³-hybridized carbons (Fsp3) is 0.900. The lowest BCUT2D eigenvalue weighted by Gasteiger charge is -2.35. The van der Waals surface area contributed by atoms with Gasteiger partial charge in [-0.15, -0.1) is 0 Å². The van der Waals surface area contributed by atoms with Gasteiger partial charge in [0.15, 0.2) is 0 Å². The zero-order valence-electron chi connectivity index (χ0n) is 10.0. The van der Waals surface area contributed by atoms with Gasteiger partial charge < -0.3 is 14.9 Å². The van der Waals surface area contributed by atoms with Crippen LogP contribution in [0.1, 0.15) is 46.5 Å². The summed E-state index contributed by atoms with van der Waals surface area (Å²) in [6.45, 7) is 5.12. The van der Waals surface area contributed by atoms with Gasteiger partial charge in [-0.2, -0.15) is 0 Å². The smallest absolute Gasteiger partial charge is 0.329 e. The van der Waals surface area contributed by atoms with Gasteiger partial charge in [0.1, 0.15) is 0 Å². The second-order valence-corrected chi connectivity index (χ2v) is 5.86. The zero-order chi connectivity index (χ0) is 13.0. The summed E-state index contributed by atoms with van der Waals surface area (Å²) in [6.07, 6.45) is 1.26. The molecule has 6 heteroatoms. The monoisotopic (exact) mass is 252 g/mol. The van der Waals surface area contributed by atoms with Crippen LogP contribution in [0.15, 0.2) is 0 Å². The maximum Gasteiger partial charge on any atom is 0.329 e. The molecule has 0 aromatic carbocycles. The van der Waals surface area contributed by atoms with Crippen molar-refractivity contribution in [2.75, 3.05) is 0 Å². The molecule has 0 bridgehead atoms. The first-order valence-corrected chi connectivity index (χ1v) is 7.23. The number of carboxylic acids is 1. The normalized spacial score (nSPS) is 14.8. The van der Waals surface area contributed by atoms with Crippen molar-refractivity contribution in [1.29, 1.82) is 0 Å². The van der Waals surface area contributed by atoms with Crippen LogP contribution in [0.4, 0.5) is 0 Å². The van der Waals surface area contributed by atoms with E-state index in [-0.39, 0.29) is 19.3 Å². The molecular formula is C10H21O5P. The van der Waals surface area contributed by atoms with E-state index in [1.54, 1.807) is 20.8 Å². The zero-order valence-corrected chi connectivity index (χ0v) is 10.9. The summed E-state index contributed by atoms with van der Waals surface area (Å²) >= 11 is 0. The highest BCUT2D eigenvalue weighted by Crippen LogP contribution is 2.54. The molecule has 1 atom stereocenters. The first-order chi connectivity index (χ1) is 7.26. The first-order valence-electron chi connectivity index (χ1n) is 5.54. The molecule has 0 saturated carbocycles. The van der Waals surface area contributed by atoms with Gasteiger partial charge >= 0.3 is 13.6 Å². The van der Waals surface area contributed by atoms with E-state index < -0.39 is 24.6 Å². The van der Waals surface area contributed by atoms with Gasteiger partial charge in [0, 0.05) is 0 Å². The molecule has 0 aliphatic carbocycles. The third-order valence-corrected chi connectivity index (χ3v) is 4.86. The Morgan fingerprint density at radius 1 is 1.25 bits per heavy atom. The Morgan fingerprint density at radius 3 is 1.88 bits per heavy atom. The number of carbonyl (C=O) groups is 1. The summed E-state index contributed by atoms with van der Waals surface area (Å²) in [7, 11) is -4.38. The number of hydrogen-bond donors (Lipinski definition) is 3. The summed E-state index contributed by atoms with van der Waals surface area (Å²) in [6, 6.07) is 0. The topological polar surface area (TPSA) is 94.8 Å². The van der Waals surface area contributed by atoms with Crippen molar-refractivity contribution in [3.05, 3.63) is 0 Å². The van der Waals surface area contributed by atoms with Crippen molar-refractivity contribution in [1.82, 2.24) is 0 Å². The molecule has 1 unspecified atom stereocenters. The highest BCUT2D eigenvalue weighted by molar-refractivity contribution is 7.52. The highest BCUT2D eigenvalue weighted by atomic mass is 31.2. The van der Waals surface area contributed by atoms with E-state index in [1.165, 1.54) is 0 Å². The fourth-order valence-corrected chi connectivity index (χ4v) is 3.92. The number of rotatable bonds is 7. The van der Waals surface area contributed by atoms with Gasteiger partial charge in [0.25, 0.3) is 0 Å². The van der Waals surface area contributed by atoms with Gasteiger partial charge in [0.05, 0.1) is 11.1 Å². The SMILES string of the molecule is CCCC(C(CC)(CC)C(=O)O)P(=O)(O)O. The van der Waals surface area contributed by atoms with Crippen LogP contribution in [0.2, 0.25) is 0 Å². The summed E-state index contributed by atoms with van der Waals surface area (Å²) in [5.74, 6) is -1.11. The van der Waals surface area contributed by atoms with E-state index in [4.69, 9.17) is 0 Å². The molecule has 0 aliphatic rings. The highest BCUT2D eigenvalue weighted by Gasteiger charge is 2.50. The molecule has 0 amide bonds. The second-order valence-electron chi connectivity index (χ2n) is 4.06. The van der Waals surface area contributed by atoms with Crippen LogP contribution in [0.5, 0.6) is 0 Å². The number of aliphatic carboxylic acids is 1. The summed E-state index contributed by atoms with van der Waals surface area (Å²) < 4.78 is 11.4. The minimum atomic E-state index is -4.38. The molecule has 0 fully saturated rings. The Balaban J connectivity index is 5.43. The lowest BCUT2D eigenvalue weighted by Crippen LogP contribution is -2.41. The van der Waals surface area contributed by atoms with Crippen molar-refractivity contribution >= 4 is 13.6 Å². The van der Waals surface area contributed by atoms with Crippen molar-refractivity contribution in [2.24, 2.45) is 5.41 Å². The quantitative estimate of drug-likeness (QED) is 0.604.